The van der Waals surface area contributed by atoms with Crippen molar-refractivity contribution in [1.82, 2.24) is 9.78 Å². The van der Waals surface area contributed by atoms with Crippen LogP contribution in [0.4, 0.5) is 0 Å². The molecule has 3 nitrogen and oxygen atoms in total. The lowest BCUT2D eigenvalue weighted by molar-refractivity contribution is 0.175. The van der Waals surface area contributed by atoms with Crippen molar-refractivity contribution in [1.29, 1.82) is 0 Å². The van der Waals surface area contributed by atoms with Gasteiger partial charge in [0.2, 0.25) is 0 Å². The number of nitrogens with zero attached hydrogens (tertiary/aromatic N) is 2. The van der Waals surface area contributed by atoms with Crippen LogP contribution in [0.5, 0.6) is 0 Å². The van der Waals surface area contributed by atoms with Crippen LogP contribution < -0.4 is 0 Å². The van der Waals surface area contributed by atoms with E-state index >= 15 is 0 Å². The number of aliphatic hydroxyl groups is 1. The summed E-state index contributed by atoms with van der Waals surface area (Å²) in [6.07, 6.45) is -0.171. The largest absolute Gasteiger partial charge is 0.388 e. The Kier molecular flexibility index (Phi) is 4.71. The topological polar surface area (TPSA) is 38.0 Å². The number of hydrogen-bond acceptors (Lipinski definition) is 2. The molecule has 0 aliphatic carbocycles. The van der Waals surface area contributed by atoms with E-state index in [2.05, 4.69) is 37.0 Å². The van der Waals surface area contributed by atoms with Gasteiger partial charge in [-0.3, -0.25) is 4.68 Å². The minimum absolute atomic E-state index is 0.469. The molecule has 2 rings (SSSR count). The summed E-state index contributed by atoms with van der Waals surface area (Å²) in [7, 11) is 1.87. The van der Waals surface area contributed by atoms with E-state index < -0.39 is 6.10 Å². The minimum Gasteiger partial charge on any atom is -0.388 e. The van der Waals surface area contributed by atoms with Gasteiger partial charge in [0.15, 0.2) is 0 Å². The SMILES string of the molecule is Cc1nn(C)c(CC(O)c2cc(Cl)ccc2Br)c1Br. The highest BCUT2D eigenvalue weighted by atomic mass is 79.9. The lowest BCUT2D eigenvalue weighted by Gasteiger charge is -2.14. The molecule has 102 valence electrons. The Morgan fingerprint density at radius 3 is 2.68 bits per heavy atom. The summed E-state index contributed by atoms with van der Waals surface area (Å²) in [6.45, 7) is 1.93. The summed E-state index contributed by atoms with van der Waals surface area (Å²) < 4.78 is 3.56. The van der Waals surface area contributed by atoms with E-state index in [1.165, 1.54) is 0 Å². The highest BCUT2D eigenvalue weighted by Gasteiger charge is 2.18. The van der Waals surface area contributed by atoms with Gasteiger partial charge in [-0.25, -0.2) is 0 Å². The maximum atomic E-state index is 10.4. The molecule has 0 saturated carbocycles. The molecule has 1 aromatic heterocycles. The van der Waals surface area contributed by atoms with Crippen LogP contribution in [0, 0.1) is 6.92 Å². The first-order valence-electron chi connectivity index (χ1n) is 5.71. The molecule has 2 aromatic rings. The van der Waals surface area contributed by atoms with E-state index in [0.29, 0.717) is 11.4 Å². The predicted octanol–water partition coefficient (Wildman–Crippen LogP) is 4.18. The standard InChI is InChI=1S/C13H13Br2ClN2O/c1-7-13(15)11(18(2)17-7)6-12(19)9-5-8(16)3-4-10(9)14/h3-5,12,19H,6H2,1-2H3. The Morgan fingerprint density at radius 2 is 2.11 bits per heavy atom. The fraction of sp³-hybridized carbons (Fsp3) is 0.308. The number of hydrogen-bond donors (Lipinski definition) is 1. The molecule has 1 atom stereocenters. The number of aliphatic hydroxyl groups excluding tert-OH is 1. The molecule has 0 radical (unpaired) electrons. The van der Waals surface area contributed by atoms with Gasteiger partial charge in [-0.15, -0.1) is 0 Å². The molecular formula is C13H13Br2ClN2O. The fourth-order valence-corrected chi connectivity index (χ4v) is 3.15. The summed E-state index contributed by atoms with van der Waals surface area (Å²) >= 11 is 12.9. The molecule has 0 amide bonds. The lowest BCUT2D eigenvalue weighted by atomic mass is 10.0. The highest BCUT2D eigenvalue weighted by Crippen LogP contribution is 2.31. The second kappa shape index (κ2) is 5.95. The first-order valence-corrected chi connectivity index (χ1v) is 7.67. The lowest BCUT2D eigenvalue weighted by Crippen LogP contribution is -2.07. The third-order valence-electron chi connectivity index (χ3n) is 2.97. The number of halogens is 3. The van der Waals surface area contributed by atoms with Crippen LogP contribution in [-0.4, -0.2) is 14.9 Å². The smallest absolute Gasteiger partial charge is 0.0857 e. The number of benzene rings is 1. The predicted molar refractivity (Wildman–Crippen MR) is 83.5 cm³/mol. The summed E-state index contributed by atoms with van der Waals surface area (Å²) in [6, 6.07) is 5.39. The van der Waals surface area contributed by atoms with Gasteiger partial charge < -0.3 is 5.11 Å². The van der Waals surface area contributed by atoms with E-state index in [0.717, 1.165) is 25.9 Å². The first kappa shape index (κ1) is 15.0. The zero-order valence-electron chi connectivity index (χ0n) is 10.5. The number of rotatable bonds is 3. The Bertz CT molecular complexity index is 613. The van der Waals surface area contributed by atoms with Crippen molar-refractivity contribution in [2.45, 2.75) is 19.4 Å². The van der Waals surface area contributed by atoms with Gasteiger partial charge >= 0.3 is 0 Å². The van der Waals surface area contributed by atoms with Crippen molar-refractivity contribution < 1.29 is 5.11 Å². The van der Waals surface area contributed by atoms with Gasteiger partial charge in [0.05, 0.1) is 22.0 Å². The molecule has 1 unspecified atom stereocenters. The third kappa shape index (κ3) is 3.21. The summed E-state index contributed by atoms with van der Waals surface area (Å²) in [4.78, 5) is 0. The van der Waals surface area contributed by atoms with E-state index in [-0.39, 0.29) is 0 Å². The Hall–Kier alpha value is -0.360. The van der Waals surface area contributed by atoms with Crippen LogP contribution in [0.15, 0.2) is 27.1 Å². The second-order valence-electron chi connectivity index (χ2n) is 4.36. The highest BCUT2D eigenvalue weighted by molar-refractivity contribution is 9.10. The van der Waals surface area contributed by atoms with Crippen LogP contribution in [0.2, 0.25) is 5.02 Å². The van der Waals surface area contributed by atoms with Gasteiger partial charge in [-0.2, -0.15) is 5.10 Å². The zero-order chi connectivity index (χ0) is 14.2. The molecule has 0 fully saturated rings. The van der Waals surface area contributed by atoms with Crippen molar-refractivity contribution in [3.05, 3.63) is 49.1 Å². The van der Waals surface area contributed by atoms with Crippen molar-refractivity contribution in [2.24, 2.45) is 7.05 Å². The van der Waals surface area contributed by atoms with Gasteiger partial charge in [0, 0.05) is 23.0 Å². The quantitative estimate of drug-likeness (QED) is 0.827. The fourth-order valence-electron chi connectivity index (χ4n) is 1.96. The summed E-state index contributed by atoms with van der Waals surface area (Å²) in [5.41, 5.74) is 2.64. The van der Waals surface area contributed by atoms with E-state index in [1.807, 2.05) is 20.0 Å². The summed E-state index contributed by atoms with van der Waals surface area (Å²) in [5.74, 6) is 0. The molecule has 6 heteroatoms. The third-order valence-corrected chi connectivity index (χ3v) is 4.95. The van der Waals surface area contributed by atoms with Crippen LogP contribution in [0.1, 0.15) is 23.1 Å². The molecule has 1 aromatic carbocycles. The second-order valence-corrected chi connectivity index (χ2v) is 6.44. The molecule has 0 aliphatic heterocycles. The van der Waals surface area contributed by atoms with Crippen molar-refractivity contribution in [3.8, 4) is 0 Å². The van der Waals surface area contributed by atoms with Crippen LogP contribution in [-0.2, 0) is 13.5 Å². The Morgan fingerprint density at radius 1 is 1.42 bits per heavy atom. The van der Waals surface area contributed by atoms with Gasteiger partial charge in [-0.1, -0.05) is 27.5 Å². The van der Waals surface area contributed by atoms with Crippen molar-refractivity contribution in [2.75, 3.05) is 0 Å². The molecule has 0 saturated heterocycles. The molecule has 1 heterocycles. The number of aromatic nitrogens is 2. The average Bonchev–Trinajstić information content (AvgIpc) is 2.59. The normalized spacial score (nSPS) is 12.7. The molecule has 0 aliphatic rings. The van der Waals surface area contributed by atoms with Crippen molar-refractivity contribution >= 4 is 43.5 Å². The zero-order valence-corrected chi connectivity index (χ0v) is 14.4. The maximum Gasteiger partial charge on any atom is 0.0857 e. The average molecular weight is 409 g/mol. The maximum absolute atomic E-state index is 10.4. The molecule has 19 heavy (non-hydrogen) atoms. The monoisotopic (exact) mass is 406 g/mol. The van der Waals surface area contributed by atoms with Crippen molar-refractivity contribution in [3.63, 3.8) is 0 Å². The van der Waals surface area contributed by atoms with E-state index in [4.69, 9.17) is 11.6 Å². The Labute approximate surface area is 133 Å². The van der Waals surface area contributed by atoms with Crippen LogP contribution >= 0.6 is 43.5 Å². The molecule has 0 spiro atoms. The van der Waals surface area contributed by atoms with E-state index in [9.17, 15) is 5.11 Å². The van der Waals surface area contributed by atoms with Gasteiger partial charge in [0.1, 0.15) is 0 Å². The van der Waals surface area contributed by atoms with Crippen LogP contribution in [0.25, 0.3) is 0 Å². The summed E-state index contributed by atoms with van der Waals surface area (Å²) in [5, 5.41) is 15.3. The number of aryl methyl sites for hydroxylation is 2. The molecule has 0 bridgehead atoms. The van der Waals surface area contributed by atoms with Gasteiger partial charge in [-0.05, 0) is 46.6 Å². The molecular weight excluding hydrogens is 395 g/mol. The van der Waals surface area contributed by atoms with Crippen LogP contribution in [0.3, 0.4) is 0 Å². The Balaban J connectivity index is 2.30. The first-order chi connectivity index (χ1) is 8.90. The van der Waals surface area contributed by atoms with E-state index in [1.54, 1.807) is 16.8 Å². The molecule has 1 N–H and O–H groups in total. The van der Waals surface area contributed by atoms with Gasteiger partial charge in [0.25, 0.3) is 0 Å². The minimum atomic E-state index is -0.640.